The Morgan fingerprint density at radius 1 is 0.848 bits per heavy atom. The smallest absolute Gasteiger partial charge is 0.0655 e. The first-order valence-corrected chi connectivity index (χ1v) is 13.0. The summed E-state index contributed by atoms with van der Waals surface area (Å²) < 4.78 is 4.14. The molecular weight excluding hydrogens is 408 g/mol. The van der Waals surface area contributed by atoms with Crippen molar-refractivity contribution in [1.29, 1.82) is 0 Å². The standard InChI is InChI=1S/2C9H14N2.C9H18N2/c1-7(2)11-6-5-9(10-11)8-3-4-8;1-7(2)9-5-6-11(10-9)8-3-4-8;1-7(2)9-5-6-11(10-9)8(3)4/h2*5-8H,3-4H2,1-2H3;5-10H,1-4H3. The highest BCUT2D eigenvalue weighted by atomic mass is 15.5. The average molecular weight is 455 g/mol. The summed E-state index contributed by atoms with van der Waals surface area (Å²) in [4.78, 5) is 0. The molecule has 1 aliphatic heterocycles. The van der Waals surface area contributed by atoms with Gasteiger partial charge in [0, 0.05) is 42.6 Å². The molecule has 2 saturated carbocycles. The lowest BCUT2D eigenvalue weighted by Crippen LogP contribution is -2.41. The van der Waals surface area contributed by atoms with Gasteiger partial charge in [-0.3, -0.25) is 9.36 Å². The third-order valence-electron chi connectivity index (χ3n) is 6.32. The van der Waals surface area contributed by atoms with E-state index in [-0.39, 0.29) is 0 Å². The number of hydrogen-bond donors (Lipinski definition) is 1. The molecule has 2 aromatic rings. The van der Waals surface area contributed by atoms with E-state index < -0.39 is 0 Å². The lowest BCUT2D eigenvalue weighted by Gasteiger charge is -2.24. The van der Waals surface area contributed by atoms with E-state index in [2.05, 4.69) is 118 Å². The van der Waals surface area contributed by atoms with Crippen molar-refractivity contribution < 1.29 is 0 Å². The van der Waals surface area contributed by atoms with Gasteiger partial charge < -0.3 is 5.01 Å². The molecule has 0 radical (unpaired) electrons. The molecule has 5 rings (SSSR count). The predicted octanol–water partition coefficient (Wildman–Crippen LogP) is 6.44. The molecule has 0 saturated heterocycles. The molecule has 3 aliphatic rings. The first-order chi connectivity index (χ1) is 15.7. The molecule has 0 amide bonds. The van der Waals surface area contributed by atoms with Crippen LogP contribution in [0.2, 0.25) is 0 Å². The zero-order valence-electron chi connectivity index (χ0n) is 22.1. The van der Waals surface area contributed by atoms with Gasteiger partial charge in [-0.1, -0.05) is 27.7 Å². The van der Waals surface area contributed by atoms with E-state index >= 15 is 0 Å². The fraction of sp³-hybridized carbons (Fsp3) is 0.704. The van der Waals surface area contributed by atoms with Gasteiger partial charge in [0.15, 0.2) is 0 Å². The summed E-state index contributed by atoms with van der Waals surface area (Å²) in [6, 6.07) is 6.58. The van der Waals surface area contributed by atoms with Crippen molar-refractivity contribution in [2.75, 3.05) is 0 Å². The minimum atomic E-state index is 0.502. The fourth-order valence-electron chi connectivity index (χ4n) is 3.58. The minimum absolute atomic E-state index is 0.502. The van der Waals surface area contributed by atoms with Crippen LogP contribution in [0, 0.1) is 5.92 Å². The summed E-state index contributed by atoms with van der Waals surface area (Å²) in [5.74, 6) is 2.03. The van der Waals surface area contributed by atoms with Crippen LogP contribution in [-0.4, -0.2) is 36.7 Å². The molecule has 1 N–H and O–H groups in total. The van der Waals surface area contributed by atoms with E-state index in [1.165, 1.54) is 37.1 Å². The Bertz CT molecular complexity index is 764. The van der Waals surface area contributed by atoms with Gasteiger partial charge in [0.25, 0.3) is 0 Å². The van der Waals surface area contributed by atoms with Crippen LogP contribution in [0.1, 0.15) is 116 Å². The second-order valence-electron chi connectivity index (χ2n) is 10.9. The molecular formula is C27H46N6. The molecule has 0 bridgehead atoms. The molecule has 2 aromatic heterocycles. The second kappa shape index (κ2) is 11.4. The summed E-state index contributed by atoms with van der Waals surface area (Å²) in [6.45, 7) is 17.5. The van der Waals surface area contributed by atoms with Crippen LogP contribution in [0.4, 0.5) is 0 Å². The molecule has 6 heteroatoms. The van der Waals surface area contributed by atoms with Crippen molar-refractivity contribution in [3.63, 3.8) is 0 Å². The number of rotatable bonds is 6. The highest BCUT2D eigenvalue weighted by molar-refractivity contribution is 5.12. The first-order valence-electron chi connectivity index (χ1n) is 13.0. The lowest BCUT2D eigenvalue weighted by molar-refractivity contribution is 0.208. The van der Waals surface area contributed by atoms with Crippen LogP contribution < -0.4 is 5.43 Å². The molecule has 1 atom stereocenters. The Morgan fingerprint density at radius 2 is 1.55 bits per heavy atom. The minimum Gasteiger partial charge on any atom is -0.313 e. The fourth-order valence-corrected chi connectivity index (χ4v) is 3.58. The molecule has 2 aliphatic carbocycles. The SMILES string of the molecule is CC(C)C1C=CN(C(C)C)N1.CC(C)c1ccn(C2CC2)n1.CC(C)n1ccc(C2CC2)n1. The third kappa shape index (κ3) is 7.73. The highest BCUT2D eigenvalue weighted by Gasteiger charge is 2.26. The van der Waals surface area contributed by atoms with Gasteiger partial charge in [-0.05, 0) is 83.4 Å². The number of nitrogens with zero attached hydrogens (tertiary/aromatic N) is 5. The summed E-state index contributed by atoms with van der Waals surface area (Å²) >= 11 is 0. The maximum absolute atomic E-state index is 4.49. The zero-order chi connectivity index (χ0) is 24.1. The van der Waals surface area contributed by atoms with Crippen molar-refractivity contribution in [3.8, 4) is 0 Å². The Morgan fingerprint density at radius 3 is 1.94 bits per heavy atom. The van der Waals surface area contributed by atoms with E-state index in [9.17, 15) is 0 Å². The molecule has 6 nitrogen and oxygen atoms in total. The number of hydrogen-bond acceptors (Lipinski definition) is 4. The molecule has 0 spiro atoms. The number of nitrogens with one attached hydrogen (secondary N) is 1. The van der Waals surface area contributed by atoms with E-state index in [0.717, 1.165) is 12.0 Å². The van der Waals surface area contributed by atoms with E-state index in [1.807, 2.05) is 4.68 Å². The van der Waals surface area contributed by atoms with Crippen molar-refractivity contribution in [2.24, 2.45) is 5.92 Å². The topological polar surface area (TPSA) is 50.9 Å². The summed E-state index contributed by atoms with van der Waals surface area (Å²) in [5, 5.41) is 11.1. The first kappa shape index (κ1) is 25.5. The van der Waals surface area contributed by atoms with Gasteiger partial charge >= 0.3 is 0 Å². The van der Waals surface area contributed by atoms with Crippen LogP contribution in [-0.2, 0) is 0 Å². The quantitative estimate of drug-likeness (QED) is 0.546. The van der Waals surface area contributed by atoms with Crippen LogP contribution in [0.25, 0.3) is 0 Å². The van der Waals surface area contributed by atoms with Crippen molar-refractivity contribution in [1.82, 2.24) is 30.0 Å². The van der Waals surface area contributed by atoms with Gasteiger partial charge in [0.05, 0.1) is 17.4 Å². The maximum Gasteiger partial charge on any atom is 0.0655 e. The molecule has 2 fully saturated rings. The molecule has 1 unspecified atom stereocenters. The molecule has 184 valence electrons. The largest absolute Gasteiger partial charge is 0.313 e. The van der Waals surface area contributed by atoms with Gasteiger partial charge in [-0.25, -0.2) is 5.43 Å². The van der Waals surface area contributed by atoms with Gasteiger partial charge in [-0.2, -0.15) is 10.2 Å². The van der Waals surface area contributed by atoms with Gasteiger partial charge in [0.1, 0.15) is 0 Å². The van der Waals surface area contributed by atoms with Gasteiger partial charge in [0.2, 0.25) is 0 Å². The average Bonchev–Trinajstić information content (AvgIpc) is 3.61. The Labute approximate surface area is 201 Å². The predicted molar refractivity (Wildman–Crippen MR) is 137 cm³/mol. The number of aromatic nitrogens is 4. The highest BCUT2D eigenvalue weighted by Crippen LogP contribution is 2.39. The van der Waals surface area contributed by atoms with Crippen molar-refractivity contribution in [3.05, 3.63) is 48.2 Å². The monoisotopic (exact) mass is 454 g/mol. The normalized spacial score (nSPS) is 19.9. The third-order valence-corrected chi connectivity index (χ3v) is 6.32. The van der Waals surface area contributed by atoms with E-state index in [1.54, 1.807) is 0 Å². The zero-order valence-corrected chi connectivity index (χ0v) is 22.1. The molecule has 0 aromatic carbocycles. The van der Waals surface area contributed by atoms with Crippen LogP contribution in [0.5, 0.6) is 0 Å². The van der Waals surface area contributed by atoms with E-state index in [4.69, 9.17) is 0 Å². The Balaban J connectivity index is 0.000000139. The Hall–Kier alpha value is -2.08. The summed E-state index contributed by atoms with van der Waals surface area (Å²) in [6.07, 6.45) is 13.9. The number of hydrazine groups is 1. The van der Waals surface area contributed by atoms with E-state index in [0.29, 0.717) is 30.0 Å². The molecule has 3 heterocycles. The van der Waals surface area contributed by atoms with Crippen molar-refractivity contribution >= 4 is 0 Å². The molecule has 33 heavy (non-hydrogen) atoms. The maximum atomic E-state index is 4.49. The second-order valence-corrected chi connectivity index (χ2v) is 10.9. The lowest BCUT2D eigenvalue weighted by atomic mass is 10.1. The Kier molecular flexibility index (Phi) is 8.80. The summed E-state index contributed by atoms with van der Waals surface area (Å²) in [7, 11) is 0. The van der Waals surface area contributed by atoms with Crippen LogP contribution in [0.3, 0.4) is 0 Å². The van der Waals surface area contributed by atoms with Crippen LogP contribution >= 0.6 is 0 Å². The summed E-state index contributed by atoms with van der Waals surface area (Å²) in [5.41, 5.74) is 5.92. The van der Waals surface area contributed by atoms with Gasteiger partial charge in [-0.15, -0.1) is 0 Å². The van der Waals surface area contributed by atoms with Crippen molar-refractivity contribution in [2.45, 2.75) is 117 Å². The van der Waals surface area contributed by atoms with Crippen LogP contribution in [0.15, 0.2) is 36.8 Å².